The van der Waals surface area contributed by atoms with Gasteiger partial charge in [-0.05, 0) is 25.1 Å². The van der Waals surface area contributed by atoms with Crippen molar-refractivity contribution in [3.63, 3.8) is 0 Å². The van der Waals surface area contributed by atoms with Gasteiger partial charge in [-0.2, -0.15) is 0 Å². The van der Waals surface area contributed by atoms with Crippen LogP contribution in [0.2, 0.25) is 0 Å². The van der Waals surface area contributed by atoms with Crippen molar-refractivity contribution in [3.8, 4) is 0 Å². The van der Waals surface area contributed by atoms with Crippen LogP contribution < -0.4 is 10.2 Å². The summed E-state index contributed by atoms with van der Waals surface area (Å²) in [4.78, 5) is 6.88. The van der Waals surface area contributed by atoms with Crippen LogP contribution in [0.4, 0.5) is 5.69 Å². The van der Waals surface area contributed by atoms with Crippen molar-refractivity contribution < 1.29 is 0 Å². The molecule has 88 valence electrons. The van der Waals surface area contributed by atoms with E-state index in [9.17, 15) is 0 Å². The van der Waals surface area contributed by atoms with Crippen LogP contribution in [0.1, 0.15) is 5.56 Å². The van der Waals surface area contributed by atoms with Crippen LogP contribution in [0.25, 0.3) is 10.9 Å². The highest BCUT2D eigenvalue weighted by Gasteiger charge is 2.13. The molecule has 0 amide bonds. The number of nitrogens with one attached hydrogen (secondary N) is 1. The standard InChI is InChI=1S/C14H17N3/c1-11-2-3-13-12(10-11)14(4-5-16-13)17-8-6-15-7-9-17/h2-5,10,15H,6-9H2,1H3. The Morgan fingerprint density at radius 2 is 2.00 bits per heavy atom. The van der Waals surface area contributed by atoms with Gasteiger partial charge in [0.15, 0.2) is 0 Å². The Labute approximate surface area is 101 Å². The number of nitrogens with zero attached hydrogens (tertiary/aromatic N) is 2. The number of pyridine rings is 1. The highest BCUT2D eigenvalue weighted by atomic mass is 15.2. The summed E-state index contributed by atoms with van der Waals surface area (Å²) in [5, 5.41) is 4.66. The zero-order valence-electron chi connectivity index (χ0n) is 10.1. The molecule has 0 aliphatic carbocycles. The maximum absolute atomic E-state index is 4.44. The fourth-order valence-electron chi connectivity index (χ4n) is 2.43. The number of hydrogen-bond donors (Lipinski definition) is 1. The highest BCUT2D eigenvalue weighted by Crippen LogP contribution is 2.26. The molecule has 0 unspecified atom stereocenters. The predicted molar refractivity (Wildman–Crippen MR) is 71.6 cm³/mol. The molecule has 17 heavy (non-hydrogen) atoms. The molecule has 0 saturated carbocycles. The van der Waals surface area contributed by atoms with E-state index < -0.39 is 0 Å². The number of hydrogen-bond acceptors (Lipinski definition) is 3. The Morgan fingerprint density at radius 1 is 1.18 bits per heavy atom. The predicted octanol–water partition coefficient (Wildman–Crippen LogP) is 1.95. The molecular formula is C14H17N3. The summed E-state index contributed by atoms with van der Waals surface area (Å²) in [7, 11) is 0. The largest absolute Gasteiger partial charge is 0.368 e. The molecule has 0 spiro atoms. The van der Waals surface area contributed by atoms with Crippen LogP contribution in [-0.4, -0.2) is 31.2 Å². The molecular weight excluding hydrogens is 210 g/mol. The van der Waals surface area contributed by atoms with Gasteiger partial charge in [0.05, 0.1) is 5.52 Å². The lowest BCUT2D eigenvalue weighted by Crippen LogP contribution is -2.43. The van der Waals surface area contributed by atoms with Gasteiger partial charge in [-0.3, -0.25) is 4.98 Å². The average Bonchev–Trinajstić information content (AvgIpc) is 2.39. The first kappa shape index (κ1) is 10.5. The molecule has 0 atom stereocenters. The normalized spacial score (nSPS) is 16.4. The van der Waals surface area contributed by atoms with E-state index in [1.54, 1.807) is 0 Å². The van der Waals surface area contributed by atoms with Gasteiger partial charge in [-0.1, -0.05) is 11.6 Å². The van der Waals surface area contributed by atoms with E-state index in [1.165, 1.54) is 16.6 Å². The first-order valence-electron chi connectivity index (χ1n) is 6.16. The first-order chi connectivity index (χ1) is 8.34. The molecule has 3 heteroatoms. The van der Waals surface area contributed by atoms with Crippen LogP contribution in [0.3, 0.4) is 0 Å². The summed E-state index contributed by atoms with van der Waals surface area (Å²) in [5.74, 6) is 0. The van der Waals surface area contributed by atoms with Gasteiger partial charge in [0.25, 0.3) is 0 Å². The maximum atomic E-state index is 4.44. The van der Waals surface area contributed by atoms with Gasteiger partial charge < -0.3 is 10.2 Å². The number of fused-ring (bicyclic) bond motifs is 1. The minimum absolute atomic E-state index is 1.07. The van der Waals surface area contributed by atoms with Crippen LogP contribution in [-0.2, 0) is 0 Å². The molecule has 3 rings (SSSR count). The molecule has 1 aliphatic rings. The molecule has 1 aromatic heterocycles. The van der Waals surface area contributed by atoms with Crippen molar-refractivity contribution in [1.29, 1.82) is 0 Å². The van der Waals surface area contributed by atoms with Crippen molar-refractivity contribution in [3.05, 3.63) is 36.0 Å². The number of benzene rings is 1. The Bertz CT molecular complexity index is 530. The SMILES string of the molecule is Cc1ccc2nccc(N3CCNCC3)c2c1. The lowest BCUT2D eigenvalue weighted by atomic mass is 10.1. The molecule has 1 fully saturated rings. The van der Waals surface area contributed by atoms with Crippen molar-refractivity contribution in [2.75, 3.05) is 31.1 Å². The van der Waals surface area contributed by atoms with E-state index in [0.717, 1.165) is 31.7 Å². The Hall–Kier alpha value is -1.61. The van der Waals surface area contributed by atoms with Gasteiger partial charge in [0, 0.05) is 43.4 Å². The highest BCUT2D eigenvalue weighted by molar-refractivity contribution is 5.92. The Balaban J connectivity index is 2.11. The quantitative estimate of drug-likeness (QED) is 0.807. The summed E-state index contributed by atoms with van der Waals surface area (Å²) in [6.45, 7) is 6.42. The molecule has 0 bridgehead atoms. The van der Waals surface area contributed by atoms with Crippen LogP contribution in [0, 0.1) is 6.92 Å². The molecule has 1 aliphatic heterocycles. The number of aryl methyl sites for hydroxylation is 1. The fourth-order valence-corrected chi connectivity index (χ4v) is 2.43. The Kier molecular flexibility index (Phi) is 2.69. The average molecular weight is 227 g/mol. The minimum Gasteiger partial charge on any atom is -0.368 e. The lowest BCUT2D eigenvalue weighted by Gasteiger charge is -2.30. The Morgan fingerprint density at radius 3 is 2.82 bits per heavy atom. The van der Waals surface area contributed by atoms with E-state index in [1.807, 2.05) is 6.20 Å². The van der Waals surface area contributed by atoms with Crippen molar-refractivity contribution in [2.45, 2.75) is 6.92 Å². The molecule has 0 radical (unpaired) electrons. The molecule has 1 saturated heterocycles. The van der Waals surface area contributed by atoms with E-state index in [4.69, 9.17) is 0 Å². The van der Waals surface area contributed by atoms with Crippen molar-refractivity contribution in [2.24, 2.45) is 0 Å². The van der Waals surface area contributed by atoms with E-state index in [0.29, 0.717) is 0 Å². The third-order valence-corrected chi connectivity index (χ3v) is 3.33. The lowest BCUT2D eigenvalue weighted by molar-refractivity contribution is 0.590. The zero-order chi connectivity index (χ0) is 11.7. The third kappa shape index (κ3) is 1.98. The van der Waals surface area contributed by atoms with Crippen LogP contribution >= 0.6 is 0 Å². The summed E-state index contributed by atoms with van der Waals surface area (Å²) in [6.07, 6.45) is 1.91. The van der Waals surface area contributed by atoms with E-state index in [-0.39, 0.29) is 0 Å². The summed E-state index contributed by atoms with van der Waals surface area (Å²) >= 11 is 0. The molecule has 1 aromatic carbocycles. The first-order valence-corrected chi connectivity index (χ1v) is 6.16. The molecule has 2 aromatic rings. The smallest absolute Gasteiger partial charge is 0.0722 e. The molecule has 3 nitrogen and oxygen atoms in total. The number of rotatable bonds is 1. The third-order valence-electron chi connectivity index (χ3n) is 3.33. The van der Waals surface area contributed by atoms with Crippen molar-refractivity contribution in [1.82, 2.24) is 10.3 Å². The number of piperazine rings is 1. The number of anilines is 1. The van der Waals surface area contributed by atoms with Gasteiger partial charge in [-0.25, -0.2) is 0 Å². The fraction of sp³-hybridized carbons (Fsp3) is 0.357. The summed E-state index contributed by atoms with van der Waals surface area (Å²) in [6, 6.07) is 8.60. The second-order valence-electron chi connectivity index (χ2n) is 4.59. The second-order valence-corrected chi connectivity index (χ2v) is 4.59. The van der Waals surface area contributed by atoms with Gasteiger partial charge in [0.1, 0.15) is 0 Å². The molecule has 2 heterocycles. The van der Waals surface area contributed by atoms with Crippen molar-refractivity contribution >= 4 is 16.6 Å². The van der Waals surface area contributed by atoms with Gasteiger partial charge in [-0.15, -0.1) is 0 Å². The van der Waals surface area contributed by atoms with E-state index in [2.05, 4.69) is 46.4 Å². The maximum Gasteiger partial charge on any atom is 0.0722 e. The van der Waals surface area contributed by atoms with E-state index >= 15 is 0 Å². The molecule has 1 N–H and O–H groups in total. The zero-order valence-corrected chi connectivity index (χ0v) is 10.1. The number of aromatic nitrogens is 1. The van der Waals surface area contributed by atoms with Crippen LogP contribution in [0.5, 0.6) is 0 Å². The van der Waals surface area contributed by atoms with Gasteiger partial charge in [0.2, 0.25) is 0 Å². The minimum atomic E-state index is 1.07. The second kappa shape index (κ2) is 4.34. The topological polar surface area (TPSA) is 28.2 Å². The summed E-state index contributed by atoms with van der Waals surface area (Å²) < 4.78 is 0. The van der Waals surface area contributed by atoms with Crippen LogP contribution in [0.15, 0.2) is 30.5 Å². The summed E-state index contributed by atoms with van der Waals surface area (Å²) in [5.41, 5.74) is 3.70. The van der Waals surface area contributed by atoms with Gasteiger partial charge >= 0.3 is 0 Å². The monoisotopic (exact) mass is 227 g/mol.